The molecular formula is C20H32IN3O3. The highest BCUT2D eigenvalue weighted by atomic mass is 127. The monoisotopic (exact) mass is 489 g/mol. The van der Waals surface area contributed by atoms with E-state index in [2.05, 4.69) is 29.7 Å². The second-order valence-corrected chi connectivity index (χ2v) is 7.22. The van der Waals surface area contributed by atoms with Crippen molar-refractivity contribution >= 4 is 29.9 Å². The van der Waals surface area contributed by atoms with Crippen LogP contribution in [-0.2, 0) is 4.74 Å². The largest absolute Gasteiger partial charge is 0.493 e. The zero-order valence-electron chi connectivity index (χ0n) is 16.1. The highest BCUT2D eigenvalue weighted by Crippen LogP contribution is 2.33. The number of para-hydroxylation sites is 1. The fourth-order valence-corrected chi connectivity index (χ4v) is 3.72. The molecule has 27 heavy (non-hydrogen) atoms. The Morgan fingerprint density at radius 2 is 2.15 bits per heavy atom. The van der Waals surface area contributed by atoms with Crippen LogP contribution in [0, 0.1) is 5.41 Å². The minimum atomic E-state index is -0.0254. The van der Waals surface area contributed by atoms with Gasteiger partial charge in [0.1, 0.15) is 5.75 Å². The fourth-order valence-electron chi connectivity index (χ4n) is 3.72. The molecule has 2 aliphatic heterocycles. The Kier molecular flexibility index (Phi) is 9.11. The molecule has 1 fully saturated rings. The Labute approximate surface area is 179 Å². The summed E-state index contributed by atoms with van der Waals surface area (Å²) in [5.74, 6) is 2.25. The van der Waals surface area contributed by atoms with Crippen LogP contribution in [0.1, 0.15) is 37.7 Å². The maximum absolute atomic E-state index is 9.38. The maximum atomic E-state index is 9.38. The number of aliphatic imine (C=N–C) groups is 1. The van der Waals surface area contributed by atoms with Gasteiger partial charge in [-0.25, -0.2) is 0 Å². The van der Waals surface area contributed by atoms with Crippen molar-refractivity contribution < 1.29 is 14.6 Å². The van der Waals surface area contributed by atoms with Gasteiger partial charge in [0.2, 0.25) is 0 Å². The van der Waals surface area contributed by atoms with E-state index in [-0.39, 0.29) is 36.0 Å². The smallest absolute Gasteiger partial charge is 0.191 e. The van der Waals surface area contributed by atoms with Crippen LogP contribution in [0.2, 0.25) is 0 Å². The van der Waals surface area contributed by atoms with Gasteiger partial charge in [-0.15, -0.1) is 24.0 Å². The van der Waals surface area contributed by atoms with E-state index in [9.17, 15) is 5.11 Å². The molecule has 0 bridgehead atoms. The molecule has 2 atom stereocenters. The summed E-state index contributed by atoms with van der Waals surface area (Å²) in [7, 11) is 0. The predicted octanol–water partition coefficient (Wildman–Crippen LogP) is 2.51. The minimum Gasteiger partial charge on any atom is -0.493 e. The molecule has 0 radical (unpaired) electrons. The van der Waals surface area contributed by atoms with Crippen molar-refractivity contribution in [1.29, 1.82) is 0 Å². The first-order valence-corrected chi connectivity index (χ1v) is 9.69. The van der Waals surface area contributed by atoms with Gasteiger partial charge in [-0.05, 0) is 37.8 Å². The first kappa shape index (κ1) is 22.2. The molecule has 6 nitrogen and oxygen atoms in total. The molecule has 2 heterocycles. The van der Waals surface area contributed by atoms with Crippen LogP contribution in [0.5, 0.6) is 5.75 Å². The lowest BCUT2D eigenvalue weighted by molar-refractivity contribution is 0.131. The van der Waals surface area contributed by atoms with Crippen LogP contribution in [0.3, 0.4) is 0 Å². The average Bonchev–Trinajstić information content (AvgIpc) is 3.13. The molecule has 0 aliphatic carbocycles. The molecule has 1 aromatic carbocycles. The summed E-state index contributed by atoms with van der Waals surface area (Å²) < 4.78 is 11.3. The lowest BCUT2D eigenvalue weighted by Gasteiger charge is -2.27. The average molecular weight is 489 g/mol. The Bertz CT molecular complexity index is 606. The molecule has 7 heteroatoms. The molecule has 1 saturated heterocycles. The number of hydrogen-bond donors (Lipinski definition) is 3. The van der Waals surface area contributed by atoms with E-state index in [0.717, 1.165) is 57.3 Å². The van der Waals surface area contributed by atoms with Crippen molar-refractivity contribution in [2.24, 2.45) is 10.4 Å². The van der Waals surface area contributed by atoms with Crippen LogP contribution in [0.25, 0.3) is 0 Å². The van der Waals surface area contributed by atoms with Gasteiger partial charge in [-0.1, -0.05) is 18.2 Å². The lowest BCUT2D eigenvalue weighted by atomic mass is 9.84. The summed E-state index contributed by atoms with van der Waals surface area (Å²) in [5, 5.41) is 16.2. The first-order valence-electron chi connectivity index (χ1n) is 9.69. The van der Waals surface area contributed by atoms with Crippen LogP contribution in [-0.4, -0.2) is 57.1 Å². The topological polar surface area (TPSA) is 75.1 Å². The molecule has 0 amide bonds. The number of benzene rings is 1. The summed E-state index contributed by atoms with van der Waals surface area (Å²) in [6, 6.07) is 8.28. The third kappa shape index (κ3) is 5.96. The van der Waals surface area contributed by atoms with E-state index >= 15 is 0 Å². The van der Waals surface area contributed by atoms with Gasteiger partial charge >= 0.3 is 0 Å². The van der Waals surface area contributed by atoms with Crippen LogP contribution < -0.4 is 15.4 Å². The number of rotatable bonds is 7. The molecule has 3 N–H and O–H groups in total. The molecule has 152 valence electrons. The molecule has 0 saturated carbocycles. The number of nitrogens with zero attached hydrogens (tertiary/aromatic N) is 1. The number of hydrogen-bond acceptors (Lipinski definition) is 4. The molecule has 0 aromatic heterocycles. The van der Waals surface area contributed by atoms with Crippen molar-refractivity contribution in [2.45, 2.75) is 32.1 Å². The number of nitrogens with one attached hydrogen (secondary N) is 2. The second kappa shape index (κ2) is 11.1. The number of fused-ring (bicyclic) bond motifs is 1. The van der Waals surface area contributed by atoms with Gasteiger partial charge in [0.05, 0.1) is 19.8 Å². The van der Waals surface area contributed by atoms with Crippen LogP contribution in [0.4, 0.5) is 0 Å². The van der Waals surface area contributed by atoms with Gasteiger partial charge in [0, 0.05) is 37.6 Å². The van der Waals surface area contributed by atoms with Gasteiger partial charge in [-0.3, -0.25) is 4.99 Å². The Morgan fingerprint density at radius 1 is 1.30 bits per heavy atom. The van der Waals surface area contributed by atoms with Crippen molar-refractivity contribution in [1.82, 2.24) is 10.6 Å². The van der Waals surface area contributed by atoms with E-state index in [1.165, 1.54) is 5.56 Å². The van der Waals surface area contributed by atoms with E-state index in [4.69, 9.17) is 14.5 Å². The zero-order valence-corrected chi connectivity index (χ0v) is 18.4. The fraction of sp³-hybridized carbons (Fsp3) is 0.650. The van der Waals surface area contributed by atoms with Gasteiger partial charge in [-0.2, -0.15) is 0 Å². The first-order chi connectivity index (χ1) is 12.8. The van der Waals surface area contributed by atoms with Gasteiger partial charge in [0.25, 0.3) is 0 Å². The normalized spacial score (nSPS) is 24.5. The number of aliphatic hydroxyl groups is 1. The number of guanidine groups is 1. The zero-order chi connectivity index (χ0) is 18.2. The Hall–Kier alpha value is -1.06. The van der Waals surface area contributed by atoms with E-state index in [1.807, 2.05) is 12.1 Å². The quantitative estimate of drug-likeness (QED) is 0.312. The Balaban J connectivity index is 0.00000261. The molecule has 1 aromatic rings. The minimum absolute atomic E-state index is 0. The highest BCUT2D eigenvalue weighted by molar-refractivity contribution is 14.0. The molecule has 0 spiro atoms. The maximum Gasteiger partial charge on any atom is 0.191 e. The number of ether oxygens (including phenoxy) is 2. The van der Waals surface area contributed by atoms with Crippen molar-refractivity contribution in [2.75, 3.05) is 46.1 Å². The third-order valence-electron chi connectivity index (χ3n) is 5.34. The number of aliphatic hydroxyl groups excluding tert-OH is 1. The summed E-state index contributed by atoms with van der Waals surface area (Å²) in [4.78, 5) is 4.80. The lowest BCUT2D eigenvalue weighted by Crippen LogP contribution is -2.41. The molecular weight excluding hydrogens is 457 g/mol. The summed E-state index contributed by atoms with van der Waals surface area (Å²) in [5.41, 5.74) is 1.24. The van der Waals surface area contributed by atoms with Crippen molar-refractivity contribution in [3.63, 3.8) is 0 Å². The summed E-state index contributed by atoms with van der Waals surface area (Å²) in [6.45, 7) is 6.78. The van der Waals surface area contributed by atoms with Gasteiger partial charge in [0.15, 0.2) is 5.96 Å². The van der Waals surface area contributed by atoms with Crippen molar-refractivity contribution in [3.05, 3.63) is 29.8 Å². The Morgan fingerprint density at radius 3 is 2.89 bits per heavy atom. The van der Waals surface area contributed by atoms with E-state index < -0.39 is 0 Å². The van der Waals surface area contributed by atoms with Gasteiger partial charge < -0.3 is 25.2 Å². The summed E-state index contributed by atoms with van der Waals surface area (Å²) in [6.07, 6.45) is 2.71. The third-order valence-corrected chi connectivity index (χ3v) is 5.34. The standard InChI is InChI=1S/C20H31N3O3.HI/c1-2-21-19(23-14-20(8-10-24)9-12-25-15-20)22-13-16-7-11-26-18-6-4-3-5-17(16)18;/h3-6,16,24H,2,7-15H2,1H3,(H2,21,22,23);1H. The predicted molar refractivity (Wildman–Crippen MR) is 118 cm³/mol. The van der Waals surface area contributed by atoms with Crippen molar-refractivity contribution in [3.8, 4) is 5.75 Å². The highest BCUT2D eigenvalue weighted by Gasteiger charge is 2.34. The molecule has 3 rings (SSSR count). The van der Waals surface area contributed by atoms with Crippen LogP contribution in [0.15, 0.2) is 29.3 Å². The van der Waals surface area contributed by atoms with E-state index in [1.54, 1.807) is 0 Å². The number of halogens is 1. The van der Waals surface area contributed by atoms with E-state index in [0.29, 0.717) is 19.1 Å². The molecule has 2 aliphatic rings. The summed E-state index contributed by atoms with van der Waals surface area (Å²) >= 11 is 0. The second-order valence-electron chi connectivity index (χ2n) is 7.22. The van der Waals surface area contributed by atoms with Crippen LogP contribution >= 0.6 is 24.0 Å². The SMILES string of the molecule is CCNC(=NCC1(CCO)CCOC1)NCC1CCOc2ccccc21.I. The molecule has 2 unspecified atom stereocenters.